The molecule has 0 atom stereocenters. The van der Waals surface area contributed by atoms with Crippen molar-refractivity contribution in [2.24, 2.45) is 5.73 Å². The van der Waals surface area contributed by atoms with E-state index in [9.17, 15) is 4.79 Å². The molecule has 0 unspecified atom stereocenters. The maximum Gasteiger partial charge on any atom is 0.244 e. The van der Waals surface area contributed by atoms with Crippen molar-refractivity contribution in [1.29, 1.82) is 0 Å². The standard InChI is InChI=1S/C14H24N4O.ClH/c1-4-9-18-11(3)12(10(2)17-18)16-13(19)14(15)7-5-6-8-14;/h4-9,15H2,1-3H3,(H,16,19);1H. The fourth-order valence-electron chi connectivity index (χ4n) is 2.78. The number of carbonyl (C=O) groups is 1. The third-order valence-corrected chi connectivity index (χ3v) is 4.00. The van der Waals surface area contributed by atoms with Gasteiger partial charge in [0.25, 0.3) is 0 Å². The summed E-state index contributed by atoms with van der Waals surface area (Å²) >= 11 is 0. The third-order valence-electron chi connectivity index (χ3n) is 4.00. The molecule has 1 aliphatic rings. The number of carbonyl (C=O) groups excluding carboxylic acids is 1. The zero-order valence-corrected chi connectivity index (χ0v) is 13.3. The number of nitrogens with zero attached hydrogens (tertiary/aromatic N) is 2. The Morgan fingerprint density at radius 2 is 2.00 bits per heavy atom. The number of rotatable bonds is 4. The van der Waals surface area contributed by atoms with E-state index >= 15 is 0 Å². The van der Waals surface area contributed by atoms with Crippen molar-refractivity contribution >= 4 is 24.0 Å². The SMILES string of the molecule is CCCn1nc(C)c(NC(=O)C2(N)CCCC2)c1C.Cl. The van der Waals surface area contributed by atoms with Crippen LogP contribution in [0.2, 0.25) is 0 Å². The fourth-order valence-corrected chi connectivity index (χ4v) is 2.78. The largest absolute Gasteiger partial charge is 0.321 e. The number of nitrogens with one attached hydrogen (secondary N) is 1. The number of hydrogen-bond donors (Lipinski definition) is 2. The second-order valence-electron chi connectivity index (χ2n) is 5.59. The number of amides is 1. The first kappa shape index (κ1) is 17.0. The minimum atomic E-state index is -0.689. The Morgan fingerprint density at radius 1 is 1.40 bits per heavy atom. The molecule has 1 saturated carbocycles. The molecule has 1 fully saturated rings. The van der Waals surface area contributed by atoms with E-state index in [1.807, 2.05) is 18.5 Å². The Hall–Kier alpha value is -1.07. The van der Waals surface area contributed by atoms with Gasteiger partial charge in [-0.1, -0.05) is 19.8 Å². The minimum absolute atomic E-state index is 0. The molecule has 1 aromatic rings. The van der Waals surface area contributed by atoms with Crippen molar-refractivity contribution < 1.29 is 4.79 Å². The van der Waals surface area contributed by atoms with Crippen molar-refractivity contribution in [2.45, 2.75) is 65.0 Å². The Balaban J connectivity index is 0.00000200. The Kier molecular flexibility index (Phi) is 5.59. The summed E-state index contributed by atoms with van der Waals surface area (Å²) in [5.74, 6) is -0.0627. The van der Waals surface area contributed by atoms with E-state index in [0.29, 0.717) is 0 Å². The van der Waals surface area contributed by atoms with E-state index in [1.165, 1.54) is 0 Å². The topological polar surface area (TPSA) is 72.9 Å². The van der Waals surface area contributed by atoms with E-state index < -0.39 is 5.54 Å². The highest BCUT2D eigenvalue weighted by atomic mass is 35.5. The molecule has 0 bridgehead atoms. The molecule has 6 heteroatoms. The van der Waals surface area contributed by atoms with E-state index in [1.54, 1.807) is 0 Å². The number of aryl methyl sites for hydroxylation is 2. The zero-order chi connectivity index (χ0) is 14.0. The first-order chi connectivity index (χ1) is 8.98. The summed E-state index contributed by atoms with van der Waals surface area (Å²) in [6.07, 6.45) is 4.66. The van der Waals surface area contributed by atoms with Gasteiger partial charge in [-0.2, -0.15) is 5.10 Å². The number of halogens is 1. The lowest BCUT2D eigenvalue weighted by molar-refractivity contribution is -0.121. The number of aromatic nitrogens is 2. The normalized spacial score (nSPS) is 16.8. The van der Waals surface area contributed by atoms with Crippen LogP contribution in [0.3, 0.4) is 0 Å². The molecule has 1 amide bonds. The molecular weight excluding hydrogens is 276 g/mol. The van der Waals surface area contributed by atoms with Crippen LogP contribution in [-0.4, -0.2) is 21.2 Å². The fraction of sp³-hybridized carbons (Fsp3) is 0.714. The lowest BCUT2D eigenvalue weighted by Crippen LogP contribution is -2.48. The van der Waals surface area contributed by atoms with Gasteiger partial charge in [-0.25, -0.2) is 0 Å². The van der Waals surface area contributed by atoms with Gasteiger partial charge in [-0.3, -0.25) is 9.48 Å². The van der Waals surface area contributed by atoms with Crippen LogP contribution in [-0.2, 0) is 11.3 Å². The Labute approximate surface area is 126 Å². The molecule has 0 radical (unpaired) electrons. The summed E-state index contributed by atoms with van der Waals surface area (Å²) < 4.78 is 1.95. The molecule has 114 valence electrons. The van der Waals surface area contributed by atoms with E-state index in [4.69, 9.17) is 5.73 Å². The summed E-state index contributed by atoms with van der Waals surface area (Å²) in [6.45, 7) is 6.90. The average Bonchev–Trinajstić information content (AvgIpc) is 2.91. The van der Waals surface area contributed by atoms with Gasteiger partial charge in [0, 0.05) is 6.54 Å². The predicted octanol–water partition coefficient (Wildman–Crippen LogP) is 2.54. The average molecular weight is 301 g/mol. The van der Waals surface area contributed by atoms with Gasteiger partial charge in [-0.05, 0) is 33.1 Å². The molecule has 1 aromatic heterocycles. The number of anilines is 1. The van der Waals surface area contributed by atoms with Crippen molar-refractivity contribution in [2.75, 3.05) is 5.32 Å². The number of nitrogens with two attached hydrogens (primary N) is 1. The zero-order valence-electron chi connectivity index (χ0n) is 12.5. The second kappa shape index (κ2) is 6.59. The molecule has 0 saturated heterocycles. The molecule has 1 aliphatic carbocycles. The molecule has 20 heavy (non-hydrogen) atoms. The molecule has 5 nitrogen and oxygen atoms in total. The summed E-state index contributed by atoms with van der Waals surface area (Å²) in [5, 5.41) is 7.46. The van der Waals surface area contributed by atoms with Gasteiger partial charge >= 0.3 is 0 Å². The predicted molar refractivity (Wildman–Crippen MR) is 83.3 cm³/mol. The summed E-state index contributed by atoms with van der Waals surface area (Å²) in [4.78, 5) is 12.3. The van der Waals surface area contributed by atoms with Crippen molar-refractivity contribution in [3.05, 3.63) is 11.4 Å². The summed E-state index contributed by atoms with van der Waals surface area (Å²) in [7, 11) is 0. The van der Waals surface area contributed by atoms with Crippen LogP contribution in [0.5, 0.6) is 0 Å². The summed E-state index contributed by atoms with van der Waals surface area (Å²) in [6, 6.07) is 0. The maximum absolute atomic E-state index is 12.3. The van der Waals surface area contributed by atoms with E-state index in [2.05, 4.69) is 17.3 Å². The monoisotopic (exact) mass is 300 g/mol. The van der Waals surface area contributed by atoms with Crippen molar-refractivity contribution in [3.8, 4) is 0 Å². The summed E-state index contributed by atoms with van der Waals surface area (Å²) in [5.41, 5.74) is 8.19. The smallest absolute Gasteiger partial charge is 0.244 e. The lowest BCUT2D eigenvalue weighted by Gasteiger charge is -2.22. The molecule has 1 heterocycles. The maximum atomic E-state index is 12.3. The highest BCUT2D eigenvalue weighted by molar-refractivity contribution is 5.99. The van der Waals surface area contributed by atoms with E-state index in [0.717, 1.165) is 55.7 Å². The van der Waals surface area contributed by atoms with Gasteiger partial charge in [0.05, 0.1) is 22.6 Å². The first-order valence-corrected chi connectivity index (χ1v) is 7.12. The Morgan fingerprint density at radius 3 is 2.55 bits per heavy atom. The van der Waals surface area contributed by atoms with Crippen LogP contribution in [0.15, 0.2) is 0 Å². The van der Waals surface area contributed by atoms with Crippen LogP contribution in [0.4, 0.5) is 5.69 Å². The first-order valence-electron chi connectivity index (χ1n) is 7.12. The van der Waals surface area contributed by atoms with Crippen molar-refractivity contribution in [3.63, 3.8) is 0 Å². The van der Waals surface area contributed by atoms with Crippen LogP contribution in [0.1, 0.15) is 50.4 Å². The van der Waals surface area contributed by atoms with Crippen LogP contribution in [0.25, 0.3) is 0 Å². The number of hydrogen-bond acceptors (Lipinski definition) is 3. The van der Waals surface area contributed by atoms with Gasteiger partial charge in [0.2, 0.25) is 5.91 Å². The highest BCUT2D eigenvalue weighted by Gasteiger charge is 2.37. The minimum Gasteiger partial charge on any atom is -0.321 e. The molecule has 0 spiro atoms. The quantitative estimate of drug-likeness (QED) is 0.897. The van der Waals surface area contributed by atoms with Crippen LogP contribution in [0, 0.1) is 13.8 Å². The van der Waals surface area contributed by atoms with Crippen LogP contribution >= 0.6 is 12.4 Å². The van der Waals surface area contributed by atoms with Crippen molar-refractivity contribution in [1.82, 2.24) is 9.78 Å². The van der Waals surface area contributed by atoms with Gasteiger partial charge in [0.1, 0.15) is 0 Å². The van der Waals surface area contributed by atoms with Gasteiger partial charge in [0.15, 0.2) is 0 Å². The van der Waals surface area contributed by atoms with Gasteiger partial charge < -0.3 is 11.1 Å². The molecule has 0 aliphatic heterocycles. The lowest BCUT2D eigenvalue weighted by atomic mass is 9.98. The molecular formula is C14H25ClN4O. The second-order valence-corrected chi connectivity index (χ2v) is 5.59. The Bertz CT molecular complexity index is 478. The molecule has 3 N–H and O–H groups in total. The van der Waals surface area contributed by atoms with Crippen LogP contribution < -0.4 is 11.1 Å². The third kappa shape index (κ3) is 3.15. The van der Waals surface area contributed by atoms with E-state index in [-0.39, 0.29) is 18.3 Å². The highest BCUT2D eigenvalue weighted by Crippen LogP contribution is 2.29. The molecule has 2 rings (SSSR count). The van der Waals surface area contributed by atoms with Gasteiger partial charge in [-0.15, -0.1) is 12.4 Å². The molecule has 0 aromatic carbocycles.